The molecule has 1 fully saturated rings. The summed E-state index contributed by atoms with van der Waals surface area (Å²) >= 11 is 1.51. The molecule has 1 saturated heterocycles. The third-order valence-corrected chi connectivity index (χ3v) is 4.49. The van der Waals surface area contributed by atoms with Crippen LogP contribution in [0.2, 0.25) is 0 Å². The topological polar surface area (TPSA) is 62.7 Å². The number of methoxy groups -OCH3 is 1. The van der Waals surface area contributed by atoms with Crippen LogP contribution >= 0.6 is 11.3 Å². The number of carbonyl (C=O) groups excluding carboxylic acids is 2. The Labute approximate surface area is 128 Å². The van der Waals surface area contributed by atoms with Crippen LogP contribution in [-0.2, 0) is 27.3 Å². The molecule has 1 atom stereocenters. The van der Waals surface area contributed by atoms with Crippen LogP contribution in [0.1, 0.15) is 17.1 Å². The average Bonchev–Trinajstić information content (AvgIpc) is 3.08. The van der Waals surface area contributed by atoms with E-state index < -0.39 is 0 Å². The van der Waals surface area contributed by atoms with Gasteiger partial charge in [0.2, 0.25) is 5.91 Å². The van der Waals surface area contributed by atoms with Gasteiger partial charge in [-0.2, -0.15) is 0 Å². The van der Waals surface area contributed by atoms with Gasteiger partial charge >= 0.3 is 5.97 Å². The van der Waals surface area contributed by atoms with Crippen LogP contribution in [0.25, 0.3) is 0 Å². The summed E-state index contributed by atoms with van der Waals surface area (Å²) in [5, 5.41) is 2.83. The standard InChI is InChI=1S/C14H21N3O3S/c1-16(2)13(18)6-12-15-11(9-21-12)8-17-5-4-10(7-17)14(19)20-3/h9-10H,4-8H2,1-3H3. The first-order chi connectivity index (χ1) is 9.99. The molecule has 0 saturated carbocycles. The lowest BCUT2D eigenvalue weighted by atomic mass is 10.1. The minimum Gasteiger partial charge on any atom is -0.469 e. The molecule has 7 heteroatoms. The number of carbonyl (C=O) groups is 2. The van der Waals surface area contributed by atoms with Crippen molar-refractivity contribution in [3.8, 4) is 0 Å². The highest BCUT2D eigenvalue weighted by Gasteiger charge is 2.29. The maximum absolute atomic E-state index is 11.6. The van der Waals surface area contributed by atoms with Crippen LogP contribution in [0.5, 0.6) is 0 Å². The van der Waals surface area contributed by atoms with E-state index in [9.17, 15) is 9.59 Å². The van der Waals surface area contributed by atoms with Gasteiger partial charge < -0.3 is 9.64 Å². The van der Waals surface area contributed by atoms with Crippen LogP contribution in [0.3, 0.4) is 0 Å². The number of thiazole rings is 1. The first-order valence-electron chi connectivity index (χ1n) is 6.93. The molecular formula is C14H21N3O3S. The van der Waals surface area contributed by atoms with Gasteiger partial charge in [-0.15, -0.1) is 11.3 Å². The van der Waals surface area contributed by atoms with E-state index in [-0.39, 0.29) is 17.8 Å². The van der Waals surface area contributed by atoms with E-state index in [2.05, 4.69) is 9.88 Å². The molecule has 0 spiro atoms. The smallest absolute Gasteiger partial charge is 0.310 e. The lowest BCUT2D eigenvalue weighted by molar-refractivity contribution is -0.145. The van der Waals surface area contributed by atoms with E-state index in [1.54, 1.807) is 19.0 Å². The highest BCUT2D eigenvalue weighted by atomic mass is 32.1. The number of likely N-dealkylation sites (tertiary alicyclic amines) is 1. The van der Waals surface area contributed by atoms with Crippen LogP contribution < -0.4 is 0 Å². The van der Waals surface area contributed by atoms with Crippen molar-refractivity contribution in [3.63, 3.8) is 0 Å². The summed E-state index contributed by atoms with van der Waals surface area (Å²) < 4.78 is 4.78. The Morgan fingerprint density at radius 3 is 2.95 bits per heavy atom. The summed E-state index contributed by atoms with van der Waals surface area (Å²) in [4.78, 5) is 31.4. The van der Waals surface area contributed by atoms with Gasteiger partial charge in [0.25, 0.3) is 0 Å². The third kappa shape index (κ3) is 4.25. The van der Waals surface area contributed by atoms with Gasteiger partial charge in [-0.05, 0) is 13.0 Å². The Morgan fingerprint density at radius 2 is 2.29 bits per heavy atom. The second-order valence-electron chi connectivity index (χ2n) is 5.44. The van der Waals surface area contributed by atoms with Crippen LogP contribution in [-0.4, -0.2) is 61.0 Å². The highest BCUT2D eigenvalue weighted by Crippen LogP contribution is 2.20. The summed E-state index contributed by atoms with van der Waals surface area (Å²) in [6, 6.07) is 0. The highest BCUT2D eigenvalue weighted by molar-refractivity contribution is 7.09. The van der Waals surface area contributed by atoms with Crippen molar-refractivity contribution in [3.05, 3.63) is 16.1 Å². The second-order valence-corrected chi connectivity index (χ2v) is 6.38. The number of amides is 1. The molecule has 0 bridgehead atoms. The van der Waals surface area contributed by atoms with Crippen molar-refractivity contribution in [2.45, 2.75) is 19.4 Å². The van der Waals surface area contributed by atoms with Gasteiger partial charge in [0.05, 0.1) is 25.1 Å². The predicted octanol–water partition coefficient (Wildman–Crippen LogP) is 0.769. The fourth-order valence-corrected chi connectivity index (χ4v) is 3.13. The molecule has 0 aromatic carbocycles. The van der Waals surface area contributed by atoms with Gasteiger partial charge in [-0.1, -0.05) is 0 Å². The first kappa shape index (κ1) is 15.9. The normalized spacial score (nSPS) is 18.7. The summed E-state index contributed by atoms with van der Waals surface area (Å²) in [5.41, 5.74) is 0.965. The number of ether oxygens (including phenoxy) is 1. The van der Waals surface area contributed by atoms with Gasteiger partial charge in [0, 0.05) is 32.6 Å². The molecule has 2 heterocycles. The van der Waals surface area contributed by atoms with Gasteiger partial charge in [-0.3, -0.25) is 14.5 Å². The fraction of sp³-hybridized carbons (Fsp3) is 0.643. The molecule has 0 aliphatic carbocycles. The SMILES string of the molecule is COC(=O)C1CCN(Cc2csc(CC(=O)N(C)C)n2)C1. The Morgan fingerprint density at radius 1 is 1.52 bits per heavy atom. The summed E-state index contributed by atoms with van der Waals surface area (Å²) in [6.07, 6.45) is 1.19. The molecule has 21 heavy (non-hydrogen) atoms. The minimum atomic E-state index is -0.131. The Kier molecular flexibility index (Phi) is 5.30. The molecule has 2 rings (SSSR count). The lowest BCUT2D eigenvalue weighted by Gasteiger charge is -2.13. The summed E-state index contributed by atoms with van der Waals surface area (Å²) in [7, 11) is 4.92. The number of hydrogen-bond donors (Lipinski definition) is 0. The number of rotatable bonds is 5. The fourth-order valence-electron chi connectivity index (χ4n) is 2.35. The van der Waals surface area contributed by atoms with Crippen molar-refractivity contribution in [1.82, 2.24) is 14.8 Å². The minimum absolute atomic E-state index is 0.0246. The average molecular weight is 311 g/mol. The predicted molar refractivity (Wildman–Crippen MR) is 79.9 cm³/mol. The third-order valence-electron chi connectivity index (χ3n) is 3.59. The molecule has 0 radical (unpaired) electrons. The van der Waals surface area contributed by atoms with Gasteiger partial charge in [0.15, 0.2) is 0 Å². The zero-order valence-corrected chi connectivity index (χ0v) is 13.5. The molecule has 1 unspecified atom stereocenters. The Hall–Kier alpha value is -1.47. The summed E-state index contributed by atoms with van der Waals surface area (Å²) in [5.74, 6) is -0.0979. The van der Waals surface area contributed by atoms with E-state index in [4.69, 9.17) is 4.74 Å². The van der Waals surface area contributed by atoms with E-state index in [1.165, 1.54) is 18.4 Å². The van der Waals surface area contributed by atoms with Crippen LogP contribution in [0, 0.1) is 5.92 Å². The molecule has 1 aliphatic heterocycles. The maximum atomic E-state index is 11.6. The summed E-state index contributed by atoms with van der Waals surface area (Å²) in [6.45, 7) is 2.32. The molecule has 116 valence electrons. The number of hydrogen-bond acceptors (Lipinski definition) is 6. The van der Waals surface area contributed by atoms with E-state index in [0.29, 0.717) is 6.42 Å². The quantitative estimate of drug-likeness (QED) is 0.752. The lowest BCUT2D eigenvalue weighted by Crippen LogP contribution is -2.24. The monoisotopic (exact) mass is 311 g/mol. The maximum Gasteiger partial charge on any atom is 0.310 e. The zero-order valence-electron chi connectivity index (χ0n) is 12.7. The van der Waals surface area contributed by atoms with E-state index in [0.717, 1.165) is 36.8 Å². The second kappa shape index (κ2) is 7.00. The van der Waals surface area contributed by atoms with Gasteiger partial charge in [0.1, 0.15) is 5.01 Å². The molecule has 1 aromatic rings. The van der Waals surface area contributed by atoms with Crippen molar-refractivity contribution < 1.29 is 14.3 Å². The largest absolute Gasteiger partial charge is 0.469 e. The molecular weight excluding hydrogens is 290 g/mol. The zero-order chi connectivity index (χ0) is 15.4. The Balaban J connectivity index is 1.86. The molecule has 1 amide bonds. The molecule has 1 aliphatic rings. The van der Waals surface area contributed by atoms with Crippen molar-refractivity contribution in [2.75, 3.05) is 34.3 Å². The molecule has 6 nitrogen and oxygen atoms in total. The Bertz CT molecular complexity index is 515. The molecule has 0 N–H and O–H groups in total. The number of esters is 1. The van der Waals surface area contributed by atoms with E-state index in [1.807, 2.05) is 5.38 Å². The van der Waals surface area contributed by atoms with Crippen molar-refractivity contribution >= 4 is 23.2 Å². The first-order valence-corrected chi connectivity index (χ1v) is 7.81. The number of aromatic nitrogens is 1. The van der Waals surface area contributed by atoms with Crippen molar-refractivity contribution in [2.24, 2.45) is 5.92 Å². The van der Waals surface area contributed by atoms with Crippen LogP contribution in [0.15, 0.2) is 5.38 Å². The molecule has 1 aromatic heterocycles. The van der Waals surface area contributed by atoms with Crippen LogP contribution in [0.4, 0.5) is 0 Å². The number of nitrogens with zero attached hydrogens (tertiary/aromatic N) is 3. The number of likely N-dealkylation sites (N-methyl/N-ethyl adjacent to an activating group) is 1. The van der Waals surface area contributed by atoms with Gasteiger partial charge in [-0.25, -0.2) is 4.98 Å². The van der Waals surface area contributed by atoms with Crippen molar-refractivity contribution in [1.29, 1.82) is 0 Å². The van der Waals surface area contributed by atoms with E-state index >= 15 is 0 Å².